The van der Waals surface area contributed by atoms with Crippen LogP contribution in [-0.2, 0) is 0 Å². The second-order valence-electron chi connectivity index (χ2n) is 20.4. The normalized spacial score (nSPS) is 17.4. The molecule has 4 atom stereocenters. The van der Waals surface area contributed by atoms with Gasteiger partial charge in [-0.25, -0.2) is 4.98 Å². The van der Waals surface area contributed by atoms with Gasteiger partial charge in [-0.05, 0) is 147 Å². The van der Waals surface area contributed by atoms with Crippen molar-refractivity contribution in [1.82, 2.24) is 19.1 Å². The molecule has 2 aliphatic rings. The van der Waals surface area contributed by atoms with Crippen molar-refractivity contribution in [3.8, 4) is 11.5 Å². The number of fused-ring (bicyclic) bond motifs is 6. The molecule has 4 unspecified atom stereocenters. The van der Waals surface area contributed by atoms with Crippen molar-refractivity contribution in [2.75, 3.05) is 9.80 Å². The maximum Gasteiger partial charge on any atom is 0.137 e. The predicted octanol–water partition coefficient (Wildman–Crippen LogP) is 18.6. The van der Waals surface area contributed by atoms with Gasteiger partial charge in [-0.3, -0.25) is 9.55 Å². The summed E-state index contributed by atoms with van der Waals surface area (Å²) in [4.78, 5) is 15.0. The van der Waals surface area contributed by atoms with Gasteiger partial charge in [-0.2, -0.15) is 0 Å². The molecule has 0 aliphatic heterocycles. The molecule has 0 radical (unpaired) electrons. The minimum absolute atomic E-state index is 0.315. The summed E-state index contributed by atoms with van der Waals surface area (Å²) < 4.78 is 4.69. The van der Waals surface area contributed by atoms with Gasteiger partial charge in [0, 0.05) is 89.9 Å². The molecule has 4 heterocycles. The quantitative estimate of drug-likeness (QED) is 0.114. The summed E-state index contributed by atoms with van der Waals surface area (Å²) in [5.41, 5.74) is 14.9. The summed E-state index contributed by atoms with van der Waals surface area (Å²) in [6.45, 7) is 0. The van der Waals surface area contributed by atoms with Crippen LogP contribution in [0.5, 0.6) is 0 Å². The van der Waals surface area contributed by atoms with Gasteiger partial charge < -0.3 is 14.4 Å². The molecule has 0 saturated carbocycles. The number of para-hydroxylation sites is 6. The molecule has 12 aromatic rings. The van der Waals surface area contributed by atoms with Crippen LogP contribution >= 0.6 is 11.8 Å². The Morgan fingerprint density at radius 3 is 1.29 bits per heavy atom. The molecule has 77 heavy (non-hydrogen) atoms. The lowest BCUT2D eigenvalue weighted by Crippen LogP contribution is -2.16. The maximum absolute atomic E-state index is 5.16. The summed E-state index contributed by atoms with van der Waals surface area (Å²) in [7, 11) is 0. The Morgan fingerprint density at radius 2 is 0.818 bits per heavy atom. The molecule has 4 aromatic heterocycles. The Hall–Kier alpha value is -8.91. The number of allylic oxidation sites excluding steroid dienone is 2. The second-order valence-corrected chi connectivity index (χ2v) is 21.8. The first kappa shape index (κ1) is 46.6. The van der Waals surface area contributed by atoms with Crippen molar-refractivity contribution in [1.29, 1.82) is 0 Å². The smallest absolute Gasteiger partial charge is 0.137 e. The average Bonchev–Trinajstić information content (AvgIpc) is 4.15. The van der Waals surface area contributed by atoms with E-state index in [2.05, 4.69) is 298 Å². The number of pyridine rings is 2. The molecule has 0 spiro atoms. The number of anilines is 6. The molecule has 2 aliphatic carbocycles. The summed E-state index contributed by atoms with van der Waals surface area (Å²) >= 11 is 2.12. The molecular formula is C70H56N6S. The van der Waals surface area contributed by atoms with Gasteiger partial charge in [0.2, 0.25) is 0 Å². The van der Waals surface area contributed by atoms with Crippen molar-refractivity contribution >= 4 is 89.5 Å². The van der Waals surface area contributed by atoms with Gasteiger partial charge in [0.15, 0.2) is 0 Å². The fourth-order valence-electron chi connectivity index (χ4n) is 12.0. The maximum atomic E-state index is 5.16. The zero-order valence-electron chi connectivity index (χ0n) is 42.6. The highest BCUT2D eigenvalue weighted by Gasteiger charge is 2.25. The van der Waals surface area contributed by atoms with Crippen molar-refractivity contribution in [2.45, 2.75) is 48.0 Å². The van der Waals surface area contributed by atoms with Crippen molar-refractivity contribution in [2.24, 2.45) is 0 Å². The Balaban J connectivity index is 0.649. The Morgan fingerprint density at radius 1 is 0.351 bits per heavy atom. The van der Waals surface area contributed by atoms with E-state index in [-0.39, 0.29) is 0 Å². The van der Waals surface area contributed by atoms with E-state index in [1.54, 1.807) is 0 Å². The van der Waals surface area contributed by atoms with E-state index >= 15 is 0 Å². The number of nitrogens with zero attached hydrogens (tertiary/aromatic N) is 6. The molecule has 0 bridgehead atoms. The van der Waals surface area contributed by atoms with Crippen molar-refractivity contribution < 1.29 is 0 Å². The Labute approximate surface area is 453 Å². The average molecular weight is 1010 g/mol. The van der Waals surface area contributed by atoms with Crippen LogP contribution in [0.15, 0.2) is 267 Å². The number of thioether (sulfide) groups is 1. The fourth-order valence-corrected chi connectivity index (χ4v) is 13.3. The third-order valence-electron chi connectivity index (χ3n) is 15.7. The van der Waals surface area contributed by atoms with Crippen molar-refractivity contribution in [3.05, 3.63) is 278 Å². The van der Waals surface area contributed by atoms with Crippen LogP contribution in [0.2, 0.25) is 0 Å². The molecule has 0 amide bonds. The highest BCUT2D eigenvalue weighted by Crippen LogP contribution is 2.43. The van der Waals surface area contributed by atoms with Crippen molar-refractivity contribution in [3.63, 3.8) is 0 Å². The van der Waals surface area contributed by atoms with Crippen LogP contribution in [0.3, 0.4) is 0 Å². The lowest BCUT2D eigenvalue weighted by atomic mass is 9.90. The zero-order valence-corrected chi connectivity index (χ0v) is 43.4. The SMILES string of the molecule is C1=CC(c2ccc(-n3c4ccccc4c4cc(N(c5ccccc5)c5ccccc5)ccc43)nc2)CCC1SC1C=CC(c2ccc(-n3c4ccccc4c4cc(N(c5ccccc5)c5ccccc5)ccc43)cn2)CC1. The lowest BCUT2D eigenvalue weighted by molar-refractivity contribution is 0.638. The topological polar surface area (TPSA) is 42.1 Å². The summed E-state index contributed by atoms with van der Waals surface area (Å²) in [6.07, 6.45) is 18.5. The highest BCUT2D eigenvalue weighted by atomic mass is 32.2. The first-order valence-corrected chi connectivity index (χ1v) is 27.9. The molecule has 8 aromatic carbocycles. The number of aromatic nitrogens is 4. The largest absolute Gasteiger partial charge is 0.310 e. The van der Waals surface area contributed by atoms with Crippen LogP contribution in [0.25, 0.3) is 55.1 Å². The first-order chi connectivity index (χ1) is 38.2. The fraction of sp³-hybridized carbons (Fsp3) is 0.114. The number of benzene rings is 8. The number of hydrogen-bond acceptors (Lipinski definition) is 5. The van der Waals surface area contributed by atoms with E-state index in [1.165, 1.54) is 38.1 Å². The lowest BCUT2D eigenvalue weighted by Gasteiger charge is -2.28. The minimum Gasteiger partial charge on any atom is -0.310 e. The molecular weight excluding hydrogens is 957 g/mol. The van der Waals surface area contributed by atoms with Gasteiger partial charge in [0.05, 0.1) is 34.0 Å². The molecule has 372 valence electrons. The second kappa shape index (κ2) is 20.3. The monoisotopic (exact) mass is 1010 g/mol. The third kappa shape index (κ3) is 8.86. The van der Waals surface area contributed by atoms with E-state index in [1.807, 2.05) is 0 Å². The standard InChI is InChI=1S/C70H56N6S/c1-5-17-52(18-6-1)73(53-19-7-2-8-20-53)56-35-42-68-63(45-56)61-25-13-15-27-66(61)75(68)58-34-41-65(71-48-58)50-31-39-60(40-32-50)77-59-37-29-49(30-38-59)51-33-44-70(72-47-51)76-67-28-16-14-26-62(67)64-46-57(36-43-69(64)76)74(54-21-9-3-10-22-54)55-23-11-4-12-24-55/h1-29,31,33-37,39,41-50,59-60H,30,32,38,40H2. The van der Waals surface area contributed by atoms with Crippen LogP contribution in [0, 0.1) is 0 Å². The summed E-state index contributed by atoms with van der Waals surface area (Å²) in [5.74, 6) is 1.61. The van der Waals surface area contributed by atoms with E-state index in [4.69, 9.17) is 9.97 Å². The van der Waals surface area contributed by atoms with E-state index in [0.29, 0.717) is 22.3 Å². The number of rotatable bonds is 12. The summed E-state index contributed by atoms with van der Waals surface area (Å²) in [6, 6.07) is 82.6. The molecule has 14 rings (SSSR count). The van der Waals surface area contributed by atoms with Crippen LogP contribution in [-0.4, -0.2) is 29.6 Å². The van der Waals surface area contributed by atoms with Crippen LogP contribution in [0.1, 0.15) is 48.8 Å². The Kier molecular flexibility index (Phi) is 12.3. The predicted molar refractivity (Wildman–Crippen MR) is 324 cm³/mol. The zero-order chi connectivity index (χ0) is 51.1. The number of hydrogen-bond donors (Lipinski definition) is 0. The molecule has 7 heteroatoms. The van der Waals surface area contributed by atoms with Gasteiger partial charge in [-0.15, -0.1) is 11.8 Å². The van der Waals surface area contributed by atoms with Gasteiger partial charge in [0.1, 0.15) is 5.82 Å². The molecule has 6 nitrogen and oxygen atoms in total. The van der Waals surface area contributed by atoms with Gasteiger partial charge in [0.25, 0.3) is 0 Å². The van der Waals surface area contributed by atoms with Gasteiger partial charge >= 0.3 is 0 Å². The summed E-state index contributed by atoms with van der Waals surface area (Å²) in [5, 5.41) is 5.87. The van der Waals surface area contributed by atoms with Crippen LogP contribution < -0.4 is 9.80 Å². The highest BCUT2D eigenvalue weighted by molar-refractivity contribution is 8.00. The van der Waals surface area contributed by atoms with E-state index < -0.39 is 0 Å². The molecule has 0 fully saturated rings. The minimum atomic E-state index is 0.315. The van der Waals surface area contributed by atoms with E-state index in [0.717, 1.165) is 88.0 Å². The molecule has 0 saturated heterocycles. The van der Waals surface area contributed by atoms with Gasteiger partial charge in [-0.1, -0.05) is 140 Å². The van der Waals surface area contributed by atoms with Crippen LogP contribution in [0.4, 0.5) is 34.1 Å². The first-order valence-electron chi connectivity index (χ1n) is 27.0. The Bertz CT molecular complexity index is 3750. The third-order valence-corrected chi connectivity index (χ3v) is 17.2. The van der Waals surface area contributed by atoms with E-state index in [9.17, 15) is 0 Å². The molecule has 0 N–H and O–H groups in total.